The molecule has 3 heterocycles. The number of nitrogens with one attached hydrogen (secondary N) is 3. The van der Waals surface area contributed by atoms with Crippen LogP contribution in [0.2, 0.25) is 5.02 Å². The van der Waals surface area contributed by atoms with E-state index in [1.165, 1.54) is 0 Å². The lowest BCUT2D eigenvalue weighted by Gasteiger charge is -2.18. The molecule has 11 nitrogen and oxygen atoms in total. The predicted octanol–water partition coefficient (Wildman–Crippen LogP) is 4.79. The van der Waals surface area contributed by atoms with Crippen LogP contribution in [0.5, 0.6) is 0 Å². The Morgan fingerprint density at radius 2 is 1.73 bits per heavy atom. The molecule has 0 radical (unpaired) electrons. The topological polar surface area (TPSA) is 162 Å². The molecule has 0 spiro atoms. The lowest BCUT2D eigenvalue weighted by Crippen LogP contribution is -2.30. The van der Waals surface area contributed by atoms with Gasteiger partial charge in [-0.05, 0) is 40.5 Å². The second kappa shape index (κ2) is 12.5. The van der Waals surface area contributed by atoms with Crippen molar-refractivity contribution < 1.29 is 14.7 Å². The van der Waals surface area contributed by atoms with Crippen LogP contribution in [0.4, 0.5) is 0 Å². The molecule has 0 bridgehead atoms. The Kier molecular flexibility index (Phi) is 8.44. The predicted molar refractivity (Wildman–Crippen MR) is 152 cm³/mol. The molecule has 5 aromatic rings. The molecule has 12 heteroatoms. The van der Waals surface area contributed by atoms with Gasteiger partial charge in [-0.15, -0.1) is 10.2 Å². The zero-order chi connectivity index (χ0) is 28.8. The van der Waals surface area contributed by atoms with Gasteiger partial charge in [-0.2, -0.15) is 5.21 Å². The number of aromatic amines is 2. The Bertz CT molecular complexity index is 1650. The molecular weight excluding hydrogens is 544 g/mol. The van der Waals surface area contributed by atoms with Gasteiger partial charge in [0.05, 0.1) is 12.5 Å². The van der Waals surface area contributed by atoms with Crippen molar-refractivity contribution in [2.24, 2.45) is 0 Å². The second-order valence-electron chi connectivity index (χ2n) is 9.45. The number of rotatable bonds is 11. The van der Waals surface area contributed by atoms with Gasteiger partial charge >= 0.3 is 5.97 Å². The molecule has 208 valence electrons. The van der Waals surface area contributed by atoms with Crippen molar-refractivity contribution in [2.45, 2.75) is 38.6 Å². The van der Waals surface area contributed by atoms with E-state index in [9.17, 15) is 14.7 Å². The fourth-order valence-corrected chi connectivity index (χ4v) is 4.93. The number of carbonyl (C=O) groups excluding carboxylic acids is 1. The molecule has 0 fully saturated rings. The van der Waals surface area contributed by atoms with Gasteiger partial charge in [-0.3, -0.25) is 9.59 Å². The van der Waals surface area contributed by atoms with Crippen molar-refractivity contribution in [2.75, 3.05) is 0 Å². The van der Waals surface area contributed by atoms with Gasteiger partial charge in [0.1, 0.15) is 5.69 Å². The summed E-state index contributed by atoms with van der Waals surface area (Å²) in [5, 5.41) is 26.9. The summed E-state index contributed by atoms with van der Waals surface area (Å²) in [5.74, 6) is -0.477. The van der Waals surface area contributed by atoms with Gasteiger partial charge in [-0.1, -0.05) is 67.4 Å². The molecule has 0 aliphatic carbocycles. The van der Waals surface area contributed by atoms with Crippen molar-refractivity contribution in [3.8, 4) is 22.8 Å². The highest BCUT2D eigenvalue weighted by Gasteiger charge is 2.23. The van der Waals surface area contributed by atoms with E-state index in [1.54, 1.807) is 36.7 Å². The number of carboxylic acid groups (broad SMARTS) is 1. The van der Waals surface area contributed by atoms with Crippen molar-refractivity contribution in [1.29, 1.82) is 0 Å². The maximum absolute atomic E-state index is 13.3. The fraction of sp³-hybridized carbons (Fsp3) is 0.207. The molecular formula is C29H27ClN8O3. The summed E-state index contributed by atoms with van der Waals surface area (Å²) in [5.41, 5.74) is 5.15. The van der Waals surface area contributed by atoms with Crippen molar-refractivity contribution in [1.82, 2.24) is 40.9 Å². The van der Waals surface area contributed by atoms with Crippen LogP contribution in [0.25, 0.3) is 22.8 Å². The molecule has 41 heavy (non-hydrogen) atoms. The van der Waals surface area contributed by atoms with Crippen LogP contribution >= 0.6 is 11.6 Å². The zero-order valence-electron chi connectivity index (χ0n) is 22.1. The molecule has 2 aromatic carbocycles. The minimum atomic E-state index is -1.04. The Morgan fingerprint density at radius 3 is 2.39 bits per heavy atom. The first kappa shape index (κ1) is 27.7. The molecule has 1 amide bonds. The molecule has 5 rings (SSSR count). The van der Waals surface area contributed by atoms with Gasteiger partial charge in [0, 0.05) is 40.7 Å². The maximum atomic E-state index is 13.3. The first-order valence-electron chi connectivity index (χ1n) is 13.0. The Balaban J connectivity index is 1.36. The number of carbonyl (C=O) groups is 2. The number of tetrazole rings is 1. The summed E-state index contributed by atoms with van der Waals surface area (Å²) in [4.78, 5) is 37.2. The highest BCUT2D eigenvalue weighted by Crippen LogP contribution is 2.28. The Morgan fingerprint density at radius 1 is 1.02 bits per heavy atom. The van der Waals surface area contributed by atoms with Gasteiger partial charge in [0.25, 0.3) is 5.91 Å². The largest absolute Gasteiger partial charge is 0.481 e. The van der Waals surface area contributed by atoms with E-state index < -0.39 is 17.9 Å². The number of benzene rings is 2. The number of aliphatic carboxylic acids is 1. The standard InChI is InChI=1S/C29H27ClN8O3/c1-2-7-18-13-25(29(41)34-24(14-26(39)40)21-10-5-6-11-22(21)30)33-23(18)12-17-15-31-27(32-16-17)19-8-3-4-9-20(19)28-35-37-38-36-28/h3-6,8-11,13,15-16,24,33H,2,7,12,14H2,1H3,(H,34,41)(H,39,40)(H,35,36,37,38). The van der Waals surface area contributed by atoms with Gasteiger partial charge in [0.15, 0.2) is 5.82 Å². The quantitative estimate of drug-likeness (QED) is 0.176. The summed E-state index contributed by atoms with van der Waals surface area (Å²) in [7, 11) is 0. The summed E-state index contributed by atoms with van der Waals surface area (Å²) in [6.45, 7) is 2.07. The Labute approximate surface area is 240 Å². The van der Waals surface area contributed by atoms with E-state index in [0.29, 0.717) is 34.3 Å². The number of carboxylic acids is 1. The third-order valence-corrected chi connectivity index (χ3v) is 6.91. The van der Waals surface area contributed by atoms with E-state index in [1.807, 2.05) is 30.3 Å². The van der Waals surface area contributed by atoms with Crippen LogP contribution in [0, 0.1) is 0 Å². The third-order valence-electron chi connectivity index (χ3n) is 6.56. The summed E-state index contributed by atoms with van der Waals surface area (Å²) in [6.07, 6.45) is 5.34. The molecule has 3 aromatic heterocycles. The minimum Gasteiger partial charge on any atom is -0.481 e. The molecule has 4 N–H and O–H groups in total. The fourth-order valence-electron chi connectivity index (χ4n) is 4.66. The van der Waals surface area contributed by atoms with Gasteiger partial charge in [0.2, 0.25) is 5.82 Å². The lowest BCUT2D eigenvalue weighted by atomic mass is 10.0. The van der Waals surface area contributed by atoms with Crippen LogP contribution in [0.1, 0.15) is 58.7 Å². The molecule has 1 atom stereocenters. The molecule has 0 aliphatic rings. The normalized spacial score (nSPS) is 11.8. The highest BCUT2D eigenvalue weighted by atomic mass is 35.5. The summed E-state index contributed by atoms with van der Waals surface area (Å²) in [6, 6.07) is 15.5. The number of hydrogen-bond donors (Lipinski definition) is 4. The van der Waals surface area contributed by atoms with Crippen LogP contribution in [-0.2, 0) is 17.6 Å². The van der Waals surface area contributed by atoms with Crippen LogP contribution < -0.4 is 5.32 Å². The number of aryl methyl sites for hydroxylation is 1. The number of halogens is 1. The van der Waals surface area contributed by atoms with Gasteiger partial charge in [-0.25, -0.2) is 9.97 Å². The van der Waals surface area contributed by atoms with Crippen molar-refractivity contribution in [3.05, 3.63) is 100 Å². The van der Waals surface area contributed by atoms with E-state index in [4.69, 9.17) is 11.6 Å². The van der Waals surface area contributed by atoms with E-state index in [-0.39, 0.29) is 6.42 Å². The minimum absolute atomic E-state index is 0.301. The number of nitrogens with zero attached hydrogens (tertiary/aromatic N) is 5. The second-order valence-corrected chi connectivity index (χ2v) is 9.86. The molecule has 1 unspecified atom stereocenters. The van der Waals surface area contributed by atoms with Crippen molar-refractivity contribution >= 4 is 23.5 Å². The average Bonchev–Trinajstić information content (AvgIpc) is 3.64. The molecule has 0 aliphatic heterocycles. The van der Waals surface area contributed by atoms with Crippen LogP contribution in [0.15, 0.2) is 67.0 Å². The van der Waals surface area contributed by atoms with E-state index >= 15 is 0 Å². The monoisotopic (exact) mass is 570 g/mol. The summed E-state index contributed by atoms with van der Waals surface area (Å²) >= 11 is 6.30. The summed E-state index contributed by atoms with van der Waals surface area (Å²) < 4.78 is 0. The number of aromatic nitrogens is 7. The Hall–Kier alpha value is -4.90. The smallest absolute Gasteiger partial charge is 0.305 e. The van der Waals surface area contributed by atoms with Crippen LogP contribution in [-0.4, -0.2) is 52.6 Å². The van der Waals surface area contributed by atoms with Crippen LogP contribution in [0.3, 0.4) is 0 Å². The SMILES string of the molecule is CCCc1cc(C(=O)NC(CC(=O)O)c2ccccc2Cl)[nH]c1Cc1cnc(-c2ccccc2-c2nn[nH]n2)nc1. The number of H-pyrrole nitrogens is 2. The first-order chi connectivity index (χ1) is 19.9. The van der Waals surface area contributed by atoms with E-state index in [0.717, 1.165) is 40.8 Å². The van der Waals surface area contributed by atoms with Crippen molar-refractivity contribution in [3.63, 3.8) is 0 Å². The van der Waals surface area contributed by atoms with Gasteiger partial charge < -0.3 is 15.4 Å². The maximum Gasteiger partial charge on any atom is 0.305 e. The number of hydrogen-bond acceptors (Lipinski definition) is 7. The average molecular weight is 571 g/mol. The molecule has 0 saturated carbocycles. The van der Waals surface area contributed by atoms with E-state index in [2.05, 4.69) is 47.8 Å². The number of amides is 1. The first-order valence-corrected chi connectivity index (χ1v) is 13.4. The third kappa shape index (κ3) is 6.47. The highest BCUT2D eigenvalue weighted by molar-refractivity contribution is 6.31. The lowest BCUT2D eigenvalue weighted by molar-refractivity contribution is -0.137. The molecule has 0 saturated heterocycles. The zero-order valence-corrected chi connectivity index (χ0v) is 22.9.